The van der Waals surface area contributed by atoms with Crippen LogP contribution in [0, 0.1) is 29.1 Å². The third-order valence-corrected chi connectivity index (χ3v) is 14.9. The van der Waals surface area contributed by atoms with Gasteiger partial charge in [0.1, 0.15) is 42.1 Å². The zero-order valence-electron chi connectivity index (χ0n) is 46.4. The van der Waals surface area contributed by atoms with Crippen molar-refractivity contribution < 1.29 is 67.0 Å². The second kappa shape index (κ2) is 27.3. The van der Waals surface area contributed by atoms with Gasteiger partial charge in [0.05, 0.1) is 23.7 Å². The SMILES string of the molecule is COc1ccc(C[C@H]2NC(=O)/C=C/C[C@@H]([C@H](C)[C@H]3O[C@@H]3c3ccc(CNC(=O)[C@H](C)NC(=O)[C@@H](NC(=O)CCCC(=O)ON4C(=O)CCC4=O)C(C)C)cc3)OC(=O)[C@H](CC(C)C)NC(=O)C(C)(C)C(C3CC3)NC2=O)cc1Cl. The molecule has 79 heavy (non-hydrogen) atoms. The molecule has 1 aliphatic carbocycles. The third kappa shape index (κ3) is 17.1. The van der Waals surface area contributed by atoms with Crippen LogP contribution in [0.4, 0.5) is 0 Å². The van der Waals surface area contributed by atoms with E-state index in [2.05, 4.69) is 31.9 Å². The first-order valence-corrected chi connectivity index (χ1v) is 27.5. The van der Waals surface area contributed by atoms with E-state index in [1.54, 1.807) is 52.0 Å². The van der Waals surface area contributed by atoms with Crippen LogP contribution in [0.2, 0.25) is 5.02 Å². The van der Waals surface area contributed by atoms with Crippen LogP contribution in [0.1, 0.15) is 136 Å². The Kier molecular flexibility index (Phi) is 21.2. The lowest BCUT2D eigenvalue weighted by atomic mass is 9.80. The molecule has 6 N–H and O–H groups in total. The quantitative estimate of drug-likeness (QED) is 0.0570. The summed E-state index contributed by atoms with van der Waals surface area (Å²) < 4.78 is 17.8. The van der Waals surface area contributed by atoms with E-state index in [0.717, 1.165) is 24.0 Å². The summed E-state index contributed by atoms with van der Waals surface area (Å²) in [5, 5.41) is 17.8. The standard InChI is InChI=1S/C57H76ClN7O14/c1-30(2)26-40-55(74)77-41(12-10-13-43(66)61-39(28-35-18-23-42(76-9)38(58)27-35)53(72)64-51(37-21-22-37)57(7,8)56(75)62-40)32(5)49-50(78-49)36-19-16-34(17-20-36)29-59-52(71)33(6)60-54(73)48(31(3)4)63-44(67)14-11-15-47(70)79-65-45(68)24-25-46(65)69/h10,13,16-20,23,27,30-33,37,39-41,48-51H,11-12,14-15,21-22,24-26,28-29H2,1-9H3,(H,59,71)(H,60,73)(H,61,66)(H,62,75)(H,63,67)(H,64,72)/b13-10+/t32-,33-,39+,40-,41-,48-,49+,50+,51?/m0/s1. The fraction of sp³-hybridized carbons (Fsp3) is 0.579. The first-order chi connectivity index (χ1) is 37.4. The van der Waals surface area contributed by atoms with E-state index in [0.29, 0.717) is 21.4 Å². The zero-order valence-corrected chi connectivity index (χ0v) is 47.2. The Balaban J connectivity index is 1.06. The Hall–Kier alpha value is -6.87. The van der Waals surface area contributed by atoms with Crippen molar-refractivity contribution in [2.45, 2.75) is 175 Å². The van der Waals surface area contributed by atoms with Gasteiger partial charge in [-0.3, -0.25) is 38.4 Å². The molecule has 0 aromatic heterocycles. The number of nitrogens with one attached hydrogen (secondary N) is 6. The molecule has 1 unspecified atom stereocenters. The van der Waals surface area contributed by atoms with Crippen molar-refractivity contribution in [1.29, 1.82) is 0 Å². The van der Waals surface area contributed by atoms with Gasteiger partial charge in [-0.1, -0.05) is 82.6 Å². The van der Waals surface area contributed by atoms with Crippen LogP contribution in [0.15, 0.2) is 54.6 Å². The maximum absolute atomic E-state index is 14.3. The number of nitrogens with zero attached hydrogens (tertiary/aromatic N) is 1. The molecule has 3 heterocycles. The molecule has 21 nitrogen and oxygen atoms in total. The van der Waals surface area contributed by atoms with Gasteiger partial charge in [0.2, 0.25) is 35.4 Å². The summed E-state index contributed by atoms with van der Waals surface area (Å²) in [6, 6.07) is 7.90. The first-order valence-electron chi connectivity index (χ1n) is 27.2. The molecule has 3 aliphatic heterocycles. The smallest absolute Gasteiger partial charge is 0.333 e. The molecule has 6 rings (SSSR count). The summed E-state index contributed by atoms with van der Waals surface area (Å²) in [5.41, 5.74) is 1.09. The number of hydrogen-bond donors (Lipinski definition) is 6. The van der Waals surface area contributed by atoms with Crippen LogP contribution < -0.4 is 36.6 Å². The molecule has 0 spiro atoms. The summed E-state index contributed by atoms with van der Waals surface area (Å²) in [5.74, 6) is -6.00. The van der Waals surface area contributed by atoms with Crippen molar-refractivity contribution in [2.75, 3.05) is 7.11 Å². The molecule has 430 valence electrons. The predicted molar refractivity (Wildman–Crippen MR) is 288 cm³/mol. The largest absolute Gasteiger partial charge is 0.495 e. The molecule has 9 atom stereocenters. The second-order valence-electron chi connectivity index (χ2n) is 22.3. The molecule has 2 saturated heterocycles. The van der Waals surface area contributed by atoms with Gasteiger partial charge in [0.15, 0.2) is 0 Å². The van der Waals surface area contributed by atoms with Crippen LogP contribution >= 0.6 is 11.6 Å². The van der Waals surface area contributed by atoms with E-state index >= 15 is 0 Å². The topological polar surface area (TPSA) is 286 Å². The molecule has 4 aliphatic rings. The fourth-order valence-electron chi connectivity index (χ4n) is 9.67. The van der Waals surface area contributed by atoms with Gasteiger partial charge in [-0.25, -0.2) is 9.59 Å². The molecule has 2 aromatic carbocycles. The van der Waals surface area contributed by atoms with Crippen LogP contribution in [0.3, 0.4) is 0 Å². The van der Waals surface area contributed by atoms with Gasteiger partial charge in [0.25, 0.3) is 11.8 Å². The molecule has 22 heteroatoms. The average Bonchev–Trinajstić information content (AvgIpc) is 4.36. The molecule has 3 fully saturated rings. The van der Waals surface area contributed by atoms with Gasteiger partial charge >= 0.3 is 11.9 Å². The highest BCUT2D eigenvalue weighted by Gasteiger charge is 2.50. The highest BCUT2D eigenvalue weighted by Crippen LogP contribution is 2.45. The van der Waals surface area contributed by atoms with E-state index in [1.807, 2.05) is 45.0 Å². The Bertz CT molecular complexity index is 2620. The summed E-state index contributed by atoms with van der Waals surface area (Å²) >= 11 is 6.45. The lowest BCUT2D eigenvalue weighted by molar-refractivity contribution is -0.197. The van der Waals surface area contributed by atoms with E-state index < -0.39 is 113 Å². The second-order valence-corrected chi connectivity index (χ2v) is 22.7. The van der Waals surface area contributed by atoms with Crippen molar-refractivity contribution in [3.8, 4) is 5.75 Å². The lowest BCUT2D eigenvalue weighted by Crippen LogP contribution is -2.59. The molecule has 0 bridgehead atoms. The minimum absolute atomic E-state index is 0.00294. The van der Waals surface area contributed by atoms with Crippen molar-refractivity contribution in [1.82, 2.24) is 37.0 Å². The maximum Gasteiger partial charge on any atom is 0.333 e. The van der Waals surface area contributed by atoms with Crippen molar-refractivity contribution in [3.05, 3.63) is 76.3 Å². The number of hydroxylamine groups is 2. The van der Waals surface area contributed by atoms with E-state index in [-0.39, 0.29) is 81.8 Å². The number of halogens is 1. The van der Waals surface area contributed by atoms with Gasteiger partial charge < -0.3 is 50.9 Å². The number of methoxy groups -OCH3 is 1. The Morgan fingerprint density at radius 2 is 1.51 bits per heavy atom. The monoisotopic (exact) mass is 1120 g/mol. The number of esters is 1. The number of ether oxygens (including phenoxy) is 3. The average molecular weight is 1120 g/mol. The fourth-order valence-corrected chi connectivity index (χ4v) is 9.95. The molecule has 0 radical (unpaired) electrons. The summed E-state index contributed by atoms with van der Waals surface area (Å²) in [6.07, 6.45) is 2.99. The number of carbonyl (C=O) groups excluding carboxylic acids is 10. The van der Waals surface area contributed by atoms with Gasteiger partial charge in [0, 0.05) is 57.0 Å². The molecular formula is C57H76ClN7O14. The van der Waals surface area contributed by atoms with Crippen LogP contribution in [-0.4, -0.2) is 114 Å². The Morgan fingerprint density at radius 1 is 0.835 bits per heavy atom. The Labute approximate surface area is 466 Å². The number of carbonyl (C=O) groups is 10. The summed E-state index contributed by atoms with van der Waals surface area (Å²) in [6.45, 7) is 14.4. The molecule has 2 aromatic rings. The third-order valence-electron chi connectivity index (χ3n) is 14.7. The van der Waals surface area contributed by atoms with Gasteiger partial charge in [-0.15, -0.1) is 5.06 Å². The minimum Gasteiger partial charge on any atom is -0.495 e. The highest BCUT2D eigenvalue weighted by atomic mass is 35.5. The predicted octanol–water partition coefficient (Wildman–Crippen LogP) is 4.51. The normalized spacial score (nSPS) is 24.3. The zero-order chi connectivity index (χ0) is 57.9. The number of amides is 8. The van der Waals surface area contributed by atoms with Crippen LogP contribution in [0.25, 0.3) is 0 Å². The van der Waals surface area contributed by atoms with Gasteiger partial charge in [-0.2, -0.15) is 0 Å². The maximum atomic E-state index is 14.3. The van der Waals surface area contributed by atoms with Crippen molar-refractivity contribution in [3.63, 3.8) is 0 Å². The summed E-state index contributed by atoms with van der Waals surface area (Å²) in [4.78, 5) is 136. The number of hydrogen-bond acceptors (Lipinski definition) is 14. The van der Waals surface area contributed by atoms with Crippen molar-refractivity contribution in [2.24, 2.45) is 29.1 Å². The van der Waals surface area contributed by atoms with E-state index in [4.69, 9.17) is 30.6 Å². The minimum atomic E-state index is -1.17. The van der Waals surface area contributed by atoms with Crippen molar-refractivity contribution >= 4 is 70.8 Å². The van der Waals surface area contributed by atoms with Crippen LogP contribution in [-0.2, 0) is 75.2 Å². The lowest BCUT2D eigenvalue weighted by Gasteiger charge is -2.36. The number of epoxide rings is 1. The first kappa shape index (κ1) is 61.3. The highest BCUT2D eigenvalue weighted by molar-refractivity contribution is 6.32. The van der Waals surface area contributed by atoms with E-state index in [1.165, 1.54) is 20.1 Å². The number of benzene rings is 2. The number of imide groups is 1. The van der Waals surface area contributed by atoms with Crippen LogP contribution in [0.5, 0.6) is 5.75 Å². The molecule has 1 saturated carbocycles. The molecule has 8 amide bonds. The number of rotatable bonds is 21. The van der Waals surface area contributed by atoms with E-state index in [9.17, 15) is 47.9 Å². The Morgan fingerprint density at radius 3 is 2.13 bits per heavy atom. The summed E-state index contributed by atoms with van der Waals surface area (Å²) in [7, 11) is 1.50. The number of cyclic esters (lactones) is 1. The van der Waals surface area contributed by atoms with Gasteiger partial charge in [-0.05, 0) is 99.1 Å². The molecular weight excluding hydrogens is 1040 g/mol.